The molecule has 10 heteroatoms. The lowest BCUT2D eigenvalue weighted by molar-refractivity contribution is -0.387. The summed E-state index contributed by atoms with van der Waals surface area (Å²) < 4.78 is 39.0. The highest BCUT2D eigenvalue weighted by molar-refractivity contribution is 7.89. The maximum atomic E-state index is 13.0. The Hall–Kier alpha value is -3.24. The summed E-state index contributed by atoms with van der Waals surface area (Å²) in [6, 6.07) is 12.9. The van der Waals surface area contributed by atoms with Gasteiger partial charge in [0, 0.05) is 12.5 Å². The highest BCUT2D eigenvalue weighted by Gasteiger charge is 2.29. The van der Waals surface area contributed by atoms with Gasteiger partial charge in [-0.3, -0.25) is 10.1 Å². The van der Waals surface area contributed by atoms with E-state index in [1.807, 2.05) is 0 Å². The van der Waals surface area contributed by atoms with Crippen molar-refractivity contribution in [2.24, 2.45) is 0 Å². The van der Waals surface area contributed by atoms with Gasteiger partial charge in [0.2, 0.25) is 10.0 Å². The second-order valence-electron chi connectivity index (χ2n) is 6.31. The molecule has 166 valence electrons. The van der Waals surface area contributed by atoms with Crippen molar-refractivity contribution < 1.29 is 27.6 Å². The SMILES string of the molecule is CCOC(=O)/C=C(\CC(NS(=O)(=O)c1ccccc1[N+](=O)[O-])c1ccccc1)OCC. The van der Waals surface area contributed by atoms with E-state index in [4.69, 9.17) is 9.47 Å². The number of para-hydroxylation sites is 1. The van der Waals surface area contributed by atoms with Crippen molar-refractivity contribution in [2.45, 2.75) is 31.2 Å². The molecule has 9 nitrogen and oxygen atoms in total. The normalized spacial score (nSPS) is 12.8. The lowest BCUT2D eigenvalue weighted by Gasteiger charge is -2.21. The number of rotatable bonds is 11. The van der Waals surface area contributed by atoms with Crippen LogP contribution in [0, 0.1) is 10.1 Å². The lowest BCUT2D eigenvalue weighted by atomic mass is 10.0. The average molecular weight is 448 g/mol. The topological polar surface area (TPSA) is 125 Å². The van der Waals surface area contributed by atoms with Crippen LogP contribution in [-0.2, 0) is 24.3 Å². The number of nitrogens with zero attached hydrogens (tertiary/aromatic N) is 1. The molecule has 2 aromatic carbocycles. The Morgan fingerprint density at radius 2 is 1.68 bits per heavy atom. The van der Waals surface area contributed by atoms with Gasteiger partial charge in [0.1, 0.15) is 5.76 Å². The van der Waals surface area contributed by atoms with Crippen LogP contribution in [-0.4, -0.2) is 32.5 Å². The molecule has 0 spiro atoms. The number of carbonyl (C=O) groups is 1. The monoisotopic (exact) mass is 448 g/mol. The van der Waals surface area contributed by atoms with E-state index in [1.165, 1.54) is 24.3 Å². The van der Waals surface area contributed by atoms with Crippen molar-refractivity contribution in [3.63, 3.8) is 0 Å². The maximum Gasteiger partial charge on any atom is 0.334 e. The molecule has 0 aliphatic carbocycles. The van der Waals surface area contributed by atoms with Gasteiger partial charge in [-0.25, -0.2) is 17.9 Å². The Kier molecular flexibility index (Phi) is 8.71. The number of sulfonamides is 1. The van der Waals surface area contributed by atoms with Crippen molar-refractivity contribution in [1.29, 1.82) is 0 Å². The first-order valence-electron chi connectivity index (χ1n) is 9.59. The molecular weight excluding hydrogens is 424 g/mol. The standard InChI is InChI=1S/C21H24N2O7S/c1-3-29-17(15-21(24)30-4-2)14-18(16-10-6-5-7-11-16)22-31(27,28)20-13-9-8-12-19(20)23(25)26/h5-13,15,18,22H,3-4,14H2,1-2H3/b17-15+. The number of nitro groups is 1. The summed E-state index contributed by atoms with van der Waals surface area (Å²) in [4.78, 5) is 22.0. The van der Waals surface area contributed by atoms with Crippen LogP contribution in [0.3, 0.4) is 0 Å². The number of ether oxygens (including phenoxy) is 2. The molecule has 0 saturated carbocycles. The van der Waals surface area contributed by atoms with Crippen molar-refractivity contribution in [3.8, 4) is 0 Å². The molecule has 0 bridgehead atoms. The largest absolute Gasteiger partial charge is 0.498 e. The van der Waals surface area contributed by atoms with Gasteiger partial charge < -0.3 is 9.47 Å². The van der Waals surface area contributed by atoms with Crippen molar-refractivity contribution in [3.05, 3.63) is 82.1 Å². The van der Waals surface area contributed by atoms with E-state index < -0.39 is 37.5 Å². The Morgan fingerprint density at radius 1 is 1.06 bits per heavy atom. The molecule has 1 unspecified atom stereocenters. The van der Waals surface area contributed by atoms with Gasteiger partial charge in [-0.05, 0) is 25.5 Å². The number of hydrogen-bond acceptors (Lipinski definition) is 7. The molecule has 0 aromatic heterocycles. The third kappa shape index (κ3) is 6.90. The molecule has 0 aliphatic heterocycles. The molecule has 2 aromatic rings. The minimum Gasteiger partial charge on any atom is -0.498 e. The average Bonchev–Trinajstić information content (AvgIpc) is 2.74. The molecule has 0 amide bonds. The number of benzene rings is 2. The molecule has 0 heterocycles. The van der Waals surface area contributed by atoms with Gasteiger partial charge in [-0.15, -0.1) is 0 Å². The van der Waals surface area contributed by atoms with Crippen LogP contribution in [0.25, 0.3) is 0 Å². The van der Waals surface area contributed by atoms with Gasteiger partial charge in [0.25, 0.3) is 5.69 Å². The van der Waals surface area contributed by atoms with E-state index in [-0.39, 0.29) is 25.4 Å². The second-order valence-corrected chi connectivity index (χ2v) is 7.99. The first kappa shape index (κ1) is 24.0. The van der Waals surface area contributed by atoms with Crippen LogP contribution in [0.15, 0.2) is 71.3 Å². The van der Waals surface area contributed by atoms with Gasteiger partial charge in [-0.2, -0.15) is 0 Å². The van der Waals surface area contributed by atoms with E-state index in [9.17, 15) is 23.3 Å². The van der Waals surface area contributed by atoms with Crippen molar-refractivity contribution in [1.82, 2.24) is 4.72 Å². The summed E-state index contributed by atoms with van der Waals surface area (Å²) in [5, 5.41) is 11.3. The van der Waals surface area contributed by atoms with Crippen LogP contribution < -0.4 is 4.72 Å². The zero-order valence-electron chi connectivity index (χ0n) is 17.2. The van der Waals surface area contributed by atoms with Crippen LogP contribution >= 0.6 is 0 Å². The fraction of sp³-hybridized carbons (Fsp3) is 0.286. The Morgan fingerprint density at radius 3 is 2.29 bits per heavy atom. The van der Waals surface area contributed by atoms with Crippen LogP contribution in [0.5, 0.6) is 0 Å². The smallest absolute Gasteiger partial charge is 0.334 e. The molecule has 2 rings (SSSR count). The molecule has 0 fully saturated rings. The van der Waals surface area contributed by atoms with Gasteiger partial charge in [-0.1, -0.05) is 42.5 Å². The number of carbonyl (C=O) groups excluding carboxylic acids is 1. The second kappa shape index (κ2) is 11.2. The summed E-state index contributed by atoms with van der Waals surface area (Å²) in [6.07, 6.45) is 1.17. The van der Waals surface area contributed by atoms with E-state index in [2.05, 4.69) is 4.72 Å². The Bertz CT molecular complexity index is 1040. The van der Waals surface area contributed by atoms with Crippen LogP contribution in [0.1, 0.15) is 31.9 Å². The summed E-state index contributed by atoms with van der Waals surface area (Å²) in [5.74, 6) is -0.389. The molecule has 1 N–H and O–H groups in total. The van der Waals surface area contributed by atoms with Gasteiger partial charge in [0.15, 0.2) is 4.90 Å². The van der Waals surface area contributed by atoms with E-state index in [0.717, 1.165) is 6.07 Å². The van der Waals surface area contributed by atoms with E-state index >= 15 is 0 Å². The number of nitrogens with one attached hydrogen (secondary N) is 1. The van der Waals surface area contributed by atoms with Gasteiger partial charge >= 0.3 is 5.97 Å². The molecule has 0 aliphatic rings. The first-order chi connectivity index (χ1) is 14.8. The maximum absolute atomic E-state index is 13.0. The van der Waals surface area contributed by atoms with Crippen LogP contribution in [0.2, 0.25) is 0 Å². The fourth-order valence-electron chi connectivity index (χ4n) is 2.86. The predicted octanol–water partition coefficient (Wildman–Crippen LogP) is 3.49. The summed E-state index contributed by atoms with van der Waals surface area (Å²) in [7, 11) is -4.27. The zero-order valence-corrected chi connectivity index (χ0v) is 18.0. The molecular formula is C21H24N2O7S. The molecule has 0 saturated heterocycles. The summed E-state index contributed by atoms with van der Waals surface area (Å²) in [6.45, 7) is 3.83. The number of nitro benzene ring substituents is 1. The van der Waals surface area contributed by atoms with Crippen LogP contribution in [0.4, 0.5) is 5.69 Å². The number of esters is 1. The van der Waals surface area contributed by atoms with Crippen molar-refractivity contribution in [2.75, 3.05) is 13.2 Å². The zero-order chi connectivity index (χ0) is 22.9. The molecule has 0 radical (unpaired) electrons. The lowest BCUT2D eigenvalue weighted by Crippen LogP contribution is -2.30. The highest BCUT2D eigenvalue weighted by Crippen LogP contribution is 2.28. The van der Waals surface area contributed by atoms with E-state index in [1.54, 1.807) is 44.2 Å². The Labute approximate surface area is 180 Å². The third-order valence-corrected chi connectivity index (χ3v) is 5.67. The third-order valence-electron chi connectivity index (χ3n) is 4.15. The quantitative estimate of drug-likeness (QED) is 0.183. The molecule has 31 heavy (non-hydrogen) atoms. The fourth-order valence-corrected chi connectivity index (χ4v) is 4.26. The summed E-state index contributed by atoms with van der Waals surface area (Å²) in [5.41, 5.74) is 0.0630. The minimum absolute atomic E-state index is 0.00344. The predicted molar refractivity (Wildman–Crippen MR) is 114 cm³/mol. The van der Waals surface area contributed by atoms with Gasteiger partial charge in [0.05, 0.1) is 30.3 Å². The minimum atomic E-state index is -4.27. The summed E-state index contributed by atoms with van der Waals surface area (Å²) >= 11 is 0. The molecule has 1 atom stereocenters. The number of hydrogen-bond donors (Lipinski definition) is 1. The van der Waals surface area contributed by atoms with Crippen molar-refractivity contribution >= 4 is 21.7 Å². The van der Waals surface area contributed by atoms with E-state index in [0.29, 0.717) is 5.56 Å². The first-order valence-corrected chi connectivity index (χ1v) is 11.1. The Balaban J connectivity index is 2.43. The highest BCUT2D eigenvalue weighted by atomic mass is 32.2.